The molecule has 0 aliphatic carbocycles. The fourth-order valence-corrected chi connectivity index (χ4v) is 0.151. The standard InChI is InChI=1S/C4H6I2O2/c1-2-4(5,6)3(7)8/h2H2,1H3,(H,7,8). The van der Waals surface area contributed by atoms with Crippen molar-refractivity contribution in [2.24, 2.45) is 0 Å². The van der Waals surface area contributed by atoms with E-state index in [4.69, 9.17) is 5.11 Å². The summed E-state index contributed by atoms with van der Waals surface area (Å²) in [5, 5.41) is 8.43. The fourth-order valence-electron chi connectivity index (χ4n) is 0.151. The number of halogens is 2. The van der Waals surface area contributed by atoms with Crippen molar-refractivity contribution in [2.75, 3.05) is 0 Å². The Kier molecular flexibility index (Phi) is 3.56. The van der Waals surface area contributed by atoms with Crippen molar-refractivity contribution in [1.82, 2.24) is 0 Å². The van der Waals surface area contributed by atoms with E-state index in [0.717, 1.165) is 0 Å². The second-order valence-electron chi connectivity index (χ2n) is 1.36. The Morgan fingerprint density at radius 3 is 2.12 bits per heavy atom. The van der Waals surface area contributed by atoms with Crippen molar-refractivity contribution >= 4 is 51.2 Å². The quantitative estimate of drug-likeness (QED) is 0.617. The lowest BCUT2D eigenvalue weighted by atomic mass is 10.3. The van der Waals surface area contributed by atoms with Gasteiger partial charge in [0.15, 0.2) is 1.43 Å². The van der Waals surface area contributed by atoms with Crippen molar-refractivity contribution < 1.29 is 9.90 Å². The zero-order valence-electron chi connectivity index (χ0n) is 4.32. The highest BCUT2D eigenvalue weighted by molar-refractivity contribution is 14.2. The molecule has 1 N–H and O–H groups in total. The summed E-state index contributed by atoms with van der Waals surface area (Å²) < 4.78 is -0.602. The molecule has 8 heavy (non-hydrogen) atoms. The van der Waals surface area contributed by atoms with Crippen molar-refractivity contribution in [3.05, 3.63) is 0 Å². The van der Waals surface area contributed by atoms with Gasteiger partial charge in [-0.05, 0) is 6.42 Å². The Labute approximate surface area is 75.3 Å². The highest BCUT2D eigenvalue weighted by atomic mass is 127. The average molecular weight is 340 g/mol. The van der Waals surface area contributed by atoms with Crippen LogP contribution in [0.2, 0.25) is 0 Å². The molecule has 0 heterocycles. The van der Waals surface area contributed by atoms with Gasteiger partial charge in [0.1, 0.15) is 0 Å². The first kappa shape index (κ1) is 8.93. The van der Waals surface area contributed by atoms with Gasteiger partial charge in [-0.15, -0.1) is 0 Å². The van der Waals surface area contributed by atoms with E-state index in [1.165, 1.54) is 0 Å². The summed E-state index contributed by atoms with van der Waals surface area (Å²) in [6.07, 6.45) is 0.656. The summed E-state index contributed by atoms with van der Waals surface area (Å²) in [7, 11) is 0. The van der Waals surface area contributed by atoms with Gasteiger partial charge < -0.3 is 5.11 Å². The molecule has 4 heteroatoms. The zero-order valence-corrected chi connectivity index (χ0v) is 8.63. The van der Waals surface area contributed by atoms with Crippen molar-refractivity contribution in [1.29, 1.82) is 0 Å². The Morgan fingerprint density at radius 1 is 1.75 bits per heavy atom. The number of hydrogen-bond acceptors (Lipinski definition) is 1. The van der Waals surface area contributed by atoms with E-state index in [2.05, 4.69) is 0 Å². The lowest BCUT2D eigenvalue weighted by Gasteiger charge is -2.09. The van der Waals surface area contributed by atoms with E-state index in [1.54, 1.807) is 0 Å². The predicted molar refractivity (Wildman–Crippen MR) is 48.7 cm³/mol. The second kappa shape index (κ2) is 3.19. The van der Waals surface area contributed by atoms with Crippen LogP contribution in [0.3, 0.4) is 0 Å². The normalized spacial score (nSPS) is 11.4. The number of rotatable bonds is 2. The summed E-state index contributed by atoms with van der Waals surface area (Å²) in [4.78, 5) is 10.2. The molecule has 0 rings (SSSR count). The third kappa shape index (κ3) is 2.47. The number of carboxylic acids is 1. The lowest BCUT2D eigenvalue weighted by Crippen LogP contribution is -2.21. The minimum atomic E-state index is -0.749. The van der Waals surface area contributed by atoms with E-state index < -0.39 is 7.40 Å². The molecule has 0 aromatic rings. The third-order valence-corrected chi connectivity index (χ3v) is 3.21. The molecule has 0 aromatic heterocycles. The van der Waals surface area contributed by atoms with Crippen LogP contribution in [0.25, 0.3) is 0 Å². The van der Waals surface area contributed by atoms with Gasteiger partial charge in [0.2, 0.25) is 0 Å². The highest BCUT2D eigenvalue weighted by Crippen LogP contribution is 2.30. The van der Waals surface area contributed by atoms with Crippen LogP contribution < -0.4 is 0 Å². The van der Waals surface area contributed by atoms with Crippen molar-refractivity contribution in [3.8, 4) is 0 Å². The Morgan fingerprint density at radius 2 is 2.12 bits per heavy atom. The molecule has 0 spiro atoms. The van der Waals surface area contributed by atoms with E-state index in [0.29, 0.717) is 6.42 Å². The lowest BCUT2D eigenvalue weighted by molar-refractivity contribution is -0.136. The summed E-state index contributed by atoms with van der Waals surface area (Å²) >= 11 is 3.83. The monoisotopic (exact) mass is 340 g/mol. The second-order valence-corrected chi connectivity index (χ2v) is 7.11. The van der Waals surface area contributed by atoms with Gasteiger partial charge in [-0.3, -0.25) is 0 Å². The maximum atomic E-state index is 10.2. The molecule has 0 bridgehead atoms. The van der Waals surface area contributed by atoms with Crippen LogP contribution in [0.1, 0.15) is 13.3 Å². The SMILES string of the molecule is CCC(I)(I)C(=O)O. The largest absolute Gasteiger partial charge is 0.480 e. The predicted octanol–water partition coefficient (Wildman–Crippen LogP) is 2.05. The molecule has 48 valence electrons. The van der Waals surface area contributed by atoms with Gasteiger partial charge in [-0.1, -0.05) is 52.1 Å². The summed E-state index contributed by atoms with van der Waals surface area (Å²) in [5.41, 5.74) is 0. The molecular formula is C4H6I2O2. The van der Waals surface area contributed by atoms with Gasteiger partial charge in [0.05, 0.1) is 0 Å². The molecule has 0 aromatic carbocycles. The van der Waals surface area contributed by atoms with Crippen LogP contribution in [0, 0.1) is 0 Å². The van der Waals surface area contributed by atoms with Crippen LogP contribution >= 0.6 is 45.2 Å². The molecule has 0 aliphatic heterocycles. The van der Waals surface area contributed by atoms with Gasteiger partial charge in [-0.2, -0.15) is 0 Å². The molecule has 0 saturated carbocycles. The first-order valence-corrected chi connectivity index (χ1v) is 4.27. The summed E-state index contributed by atoms with van der Waals surface area (Å²) in [6.45, 7) is 1.85. The van der Waals surface area contributed by atoms with E-state index >= 15 is 0 Å². The molecule has 0 saturated heterocycles. The minimum Gasteiger partial charge on any atom is -0.480 e. The molecule has 0 amide bonds. The molecular weight excluding hydrogens is 334 g/mol. The van der Waals surface area contributed by atoms with E-state index in [9.17, 15) is 4.79 Å². The van der Waals surface area contributed by atoms with Gasteiger partial charge >= 0.3 is 5.97 Å². The number of aliphatic carboxylic acids is 1. The smallest absolute Gasteiger partial charge is 0.329 e. The fraction of sp³-hybridized carbons (Fsp3) is 0.750. The topological polar surface area (TPSA) is 37.3 Å². The van der Waals surface area contributed by atoms with Crippen molar-refractivity contribution in [3.63, 3.8) is 0 Å². The first-order chi connectivity index (χ1) is 3.50. The highest BCUT2D eigenvalue weighted by Gasteiger charge is 2.28. The number of carbonyl (C=O) groups is 1. The van der Waals surface area contributed by atoms with E-state index in [-0.39, 0.29) is 0 Å². The Bertz CT molecular complexity index is 100. The van der Waals surface area contributed by atoms with E-state index in [1.807, 2.05) is 52.1 Å². The number of hydrogen-bond donors (Lipinski definition) is 1. The van der Waals surface area contributed by atoms with Crippen LogP contribution in [0.5, 0.6) is 0 Å². The Hall–Kier alpha value is 0.930. The van der Waals surface area contributed by atoms with Crippen LogP contribution in [-0.2, 0) is 4.79 Å². The van der Waals surface area contributed by atoms with Crippen LogP contribution in [0.15, 0.2) is 0 Å². The molecule has 0 unspecified atom stereocenters. The van der Waals surface area contributed by atoms with Crippen LogP contribution in [0.4, 0.5) is 0 Å². The Balaban J connectivity index is 3.91. The molecule has 0 fully saturated rings. The average Bonchev–Trinajstić information content (AvgIpc) is 1.67. The van der Waals surface area contributed by atoms with Crippen LogP contribution in [-0.4, -0.2) is 12.5 Å². The van der Waals surface area contributed by atoms with Gasteiger partial charge in [-0.25, -0.2) is 4.79 Å². The van der Waals surface area contributed by atoms with Crippen molar-refractivity contribution in [2.45, 2.75) is 14.8 Å². The number of alkyl halides is 2. The molecule has 0 radical (unpaired) electrons. The maximum Gasteiger partial charge on any atom is 0.329 e. The van der Waals surface area contributed by atoms with Gasteiger partial charge in [0, 0.05) is 0 Å². The molecule has 2 nitrogen and oxygen atoms in total. The molecule has 0 atom stereocenters. The summed E-state index contributed by atoms with van der Waals surface area (Å²) in [5.74, 6) is -0.749. The van der Waals surface area contributed by atoms with Gasteiger partial charge in [0.25, 0.3) is 0 Å². The molecule has 0 aliphatic rings. The maximum absolute atomic E-state index is 10.2. The summed E-state index contributed by atoms with van der Waals surface area (Å²) in [6, 6.07) is 0. The minimum absolute atomic E-state index is 0.602. The third-order valence-electron chi connectivity index (χ3n) is 0.757. The first-order valence-electron chi connectivity index (χ1n) is 2.12. The number of carboxylic acid groups (broad SMARTS) is 1. The zero-order chi connectivity index (χ0) is 6.78.